The van der Waals surface area contributed by atoms with E-state index in [1.54, 1.807) is 0 Å². The molecule has 15 heavy (non-hydrogen) atoms. The van der Waals surface area contributed by atoms with E-state index in [1.807, 2.05) is 26.1 Å². The van der Waals surface area contributed by atoms with Gasteiger partial charge in [-0.05, 0) is 41.5 Å². The number of aryl methyl sites for hydroxylation is 1. The molecule has 0 bridgehead atoms. The quantitative estimate of drug-likeness (QED) is 0.867. The maximum absolute atomic E-state index is 6.08. The highest BCUT2D eigenvalue weighted by atomic mass is 79.9. The summed E-state index contributed by atoms with van der Waals surface area (Å²) in [5, 5.41) is 5.11. The Morgan fingerprint density at radius 2 is 2.20 bits per heavy atom. The van der Waals surface area contributed by atoms with Crippen LogP contribution in [0.25, 0.3) is 10.9 Å². The molecule has 1 aromatic carbocycles. The molecule has 0 unspecified atom stereocenters. The Bertz CT molecular complexity index is 505. The standard InChI is InChI=1S/C11H12BrClN2/c1-6-8(13)4-3-7-10(12)9(5-14-2)15-11(6)7/h3-4,14-15H,5H2,1-2H3. The van der Waals surface area contributed by atoms with Crippen molar-refractivity contribution in [1.82, 2.24) is 10.3 Å². The van der Waals surface area contributed by atoms with Crippen LogP contribution in [0.1, 0.15) is 11.3 Å². The van der Waals surface area contributed by atoms with Crippen LogP contribution in [-0.4, -0.2) is 12.0 Å². The molecule has 0 atom stereocenters. The number of hydrogen-bond donors (Lipinski definition) is 2. The van der Waals surface area contributed by atoms with Crippen LogP contribution < -0.4 is 5.32 Å². The van der Waals surface area contributed by atoms with E-state index >= 15 is 0 Å². The molecule has 0 radical (unpaired) electrons. The molecule has 0 saturated carbocycles. The molecule has 0 saturated heterocycles. The van der Waals surface area contributed by atoms with E-state index in [1.165, 1.54) is 5.39 Å². The van der Waals surface area contributed by atoms with Gasteiger partial charge in [0.05, 0.1) is 5.52 Å². The fourth-order valence-electron chi connectivity index (χ4n) is 1.70. The Morgan fingerprint density at radius 3 is 2.87 bits per heavy atom. The highest BCUT2D eigenvalue weighted by molar-refractivity contribution is 9.10. The third-order valence-corrected chi connectivity index (χ3v) is 3.85. The lowest BCUT2D eigenvalue weighted by molar-refractivity contribution is 0.796. The summed E-state index contributed by atoms with van der Waals surface area (Å²) < 4.78 is 1.12. The summed E-state index contributed by atoms with van der Waals surface area (Å²) in [6, 6.07) is 3.96. The van der Waals surface area contributed by atoms with Gasteiger partial charge < -0.3 is 10.3 Å². The van der Waals surface area contributed by atoms with E-state index in [0.717, 1.165) is 32.8 Å². The minimum Gasteiger partial charge on any atom is -0.356 e. The molecular weight excluding hydrogens is 275 g/mol. The fourth-order valence-corrected chi connectivity index (χ4v) is 2.42. The lowest BCUT2D eigenvalue weighted by Gasteiger charge is -1.98. The van der Waals surface area contributed by atoms with Gasteiger partial charge in [-0.25, -0.2) is 0 Å². The van der Waals surface area contributed by atoms with Gasteiger partial charge in [-0.1, -0.05) is 17.7 Å². The molecule has 0 aliphatic rings. The number of nitrogens with one attached hydrogen (secondary N) is 2. The summed E-state index contributed by atoms with van der Waals surface area (Å²) in [6.07, 6.45) is 0. The van der Waals surface area contributed by atoms with Crippen molar-refractivity contribution < 1.29 is 0 Å². The highest BCUT2D eigenvalue weighted by Gasteiger charge is 2.11. The molecule has 1 heterocycles. The van der Waals surface area contributed by atoms with Crippen molar-refractivity contribution in [2.75, 3.05) is 7.05 Å². The Labute approximate surface area is 102 Å². The third kappa shape index (κ3) is 1.80. The Balaban J connectivity index is 2.70. The Hall–Kier alpha value is -0.510. The number of aromatic nitrogens is 1. The summed E-state index contributed by atoms with van der Waals surface area (Å²) >= 11 is 9.67. The normalized spacial score (nSPS) is 11.2. The van der Waals surface area contributed by atoms with Gasteiger partial charge in [0.15, 0.2) is 0 Å². The number of hydrogen-bond acceptors (Lipinski definition) is 1. The smallest absolute Gasteiger partial charge is 0.0512 e. The SMILES string of the molecule is CNCc1[nH]c2c(C)c(Cl)ccc2c1Br. The summed E-state index contributed by atoms with van der Waals surface area (Å²) in [4.78, 5) is 3.38. The molecule has 1 aromatic heterocycles. The first-order chi connectivity index (χ1) is 7.15. The van der Waals surface area contributed by atoms with Crippen molar-refractivity contribution in [1.29, 1.82) is 0 Å². The van der Waals surface area contributed by atoms with E-state index in [9.17, 15) is 0 Å². The first kappa shape index (κ1) is 11.0. The first-order valence-corrected chi connectivity index (χ1v) is 5.92. The van der Waals surface area contributed by atoms with Crippen molar-refractivity contribution in [3.63, 3.8) is 0 Å². The second kappa shape index (κ2) is 4.16. The van der Waals surface area contributed by atoms with Crippen molar-refractivity contribution in [3.8, 4) is 0 Å². The maximum Gasteiger partial charge on any atom is 0.0512 e. The van der Waals surface area contributed by atoms with Crippen LogP contribution in [0, 0.1) is 6.92 Å². The lowest BCUT2D eigenvalue weighted by Crippen LogP contribution is -2.05. The van der Waals surface area contributed by atoms with Gasteiger partial charge in [0.25, 0.3) is 0 Å². The summed E-state index contributed by atoms with van der Waals surface area (Å²) in [6.45, 7) is 2.84. The van der Waals surface area contributed by atoms with E-state index in [2.05, 4.69) is 26.2 Å². The summed E-state index contributed by atoms with van der Waals surface area (Å²) in [5.41, 5.74) is 3.36. The largest absolute Gasteiger partial charge is 0.356 e. The molecule has 0 fully saturated rings. The predicted octanol–water partition coefficient (Wildman–Crippen LogP) is 3.61. The van der Waals surface area contributed by atoms with Crippen molar-refractivity contribution in [3.05, 3.63) is 32.9 Å². The molecule has 0 spiro atoms. The fraction of sp³-hybridized carbons (Fsp3) is 0.273. The number of aromatic amines is 1. The Kier molecular flexibility index (Phi) is 3.05. The molecule has 2 nitrogen and oxygen atoms in total. The molecule has 2 rings (SSSR count). The molecule has 0 aliphatic carbocycles. The van der Waals surface area contributed by atoms with Gasteiger partial charge >= 0.3 is 0 Å². The van der Waals surface area contributed by atoms with Crippen molar-refractivity contribution in [2.45, 2.75) is 13.5 Å². The van der Waals surface area contributed by atoms with Crippen molar-refractivity contribution in [2.24, 2.45) is 0 Å². The number of benzene rings is 1. The van der Waals surface area contributed by atoms with Crippen LogP contribution in [0.5, 0.6) is 0 Å². The zero-order valence-corrected chi connectivity index (χ0v) is 11.0. The van der Waals surface area contributed by atoms with Crippen LogP contribution in [0.2, 0.25) is 5.02 Å². The van der Waals surface area contributed by atoms with Crippen LogP contribution in [0.4, 0.5) is 0 Å². The molecule has 0 amide bonds. The first-order valence-electron chi connectivity index (χ1n) is 4.75. The van der Waals surface area contributed by atoms with Crippen LogP contribution in [0.15, 0.2) is 16.6 Å². The average molecular weight is 288 g/mol. The van der Waals surface area contributed by atoms with Gasteiger partial charge in [-0.3, -0.25) is 0 Å². The van der Waals surface area contributed by atoms with Gasteiger partial charge in [0.1, 0.15) is 0 Å². The van der Waals surface area contributed by atoms with Gasteiger partial charge in [-0.2, -0.15) is 0 Å². The van der Waals surface area contributed by atoms with E-state index in [0.29, 0.717) is 0 Å². The van der Waals surface area contributed by atoms with Gasteiger partial charge in [0, 0.05) is 27.1 Å². The van der Waals surface area contributed by atoms with Crippen LogP contribution >= 0.6 is 27.5 Å². The zero-order chi connectivity index (χ0) is 11.0. The molecular formula is C11H12BrClN2. The average Bonchev–Trinajstić information content (AvgIpc) is 2.52. The third-order valence-electron chi connectivity index (χ3n) is 2.53. The number of rotatable bonds is 2. The predicted molar refractivity (Wildman–Crippen MR) is 68.5 cm³/mol. The molecule has 4 heteroatoms. The molecule has 0 aliphatic heterocycles. The molecule has 80 valence electrons. The van der Waals surface area contributed by atoms with Gasteiger partial charge in [-0.15, -0.1) is 0 Å². The number of halogens is 2. The monoisotopic (exact) mass is 286 g/mol. The second-order valence-corrected chi connectivity index (χ2v) is 4.74. The summed E-state index contributed by atoms with van der Waals surface area (Å²) in [5.74, 6) is 0. The topological polar surface area (TPSA) is 27.8 Å². The number of fused-ring (bicyclic) bond motifs is 1. The van der Waals surface area contributed by atoms with Crippen LogP contribution in [-0.2, 0) is 6.54 Å². The van der Waals surface area contributed by atoms with Crippen molar-refractivity contribution >= 4 is 38.4 Å². The summed E-state index contributed by atoms with van der Waals surface area (Å²) in [7, 11) is 1.93. The maximum atomic E-state index is 6.08. The van der Waals surface area contributed by atoms with E-state index < -0.39 is 0 Å². The number of H-pyrrole nitrogens is 1. The zero-order valence-electron chi connectivity index (χ0n) is 8.62. The van der Waals surface area contributed by atoms with Crippen LogP contribution in [0.3, 0.4) is 0 Å². The second-order valence-electron chi connectivity index (χ2n) is 3.54. The Morgan fingerprint density at radius 1 is 1.47 bits per heavy atom. The minimum absolute atomic E-state index is 0.798. The highest BCUT2D eigenvalue weighted by Crippen LogP contribution is 2.32. The van der Waals surface area contributed by atoms with E-state index in [4.69, 9.17) is 11.6 Å². The molecule has 2 aromatic rings. The van der Waals surface area contributed by atoms with Gasteiger partial charge in [0.2, 0.25) is 0 Å². The minimum atomic E-state index is 0.798. The van der Waals surface area contributed by atoms with E-state index in [-0.39, 0.29) is 0 Å². The molecule has 2 N–H and O–H groups in total. The lowest BCUT2D eigenvalue weighted by atomic mass is 10.2.